The molecule has 0 fully saturated rings. The number of aromatic nitrogens is 1. The fourth-order valence-corrected chi connectivity index (χ4v) is 2.85. The Balaban J connectivity index is 2.15. The van der Waals surface area contributed by atoms with E-state index in [-0.39, 0.29) is 12.2 Å². The molecule has 0 atom stereocenters. The van der Waals surface area contributed by atoms with Gasteiger partial charge in [0.25, 0.3) is 0 Å². The van der Waals surface area contributed by atoms with Gasteiger partial charge in [-0.15, -0.1) is 0 Å². The number of nitrogens with one attached hydrogen (secondary N) is 1. The van der Waals surface area contributed by atoms with Crippen molar-refractivity contribution < 1.29 is 23.8 Å². The van der Waals surface area contributed by atoms with E-state index in [0.29, 0.717) is 33.6 Å². The van der Waals surface area contributed by atoms with E-state index in [1.807, 2.05) is 12.1 Å². The Labute approximate surface area is 162 Å². The van der Waals surface area contributed by atoms with E-state index in [1.165, 1.54) is 13.3 Å². The maximum atomic E-state index is 12.5. The van der Waals surface area contributed by atoms with Gasteiger partial charge in [0, 0.05) is 17.3 Å². The molecule has 0 saturated carbocycles. The topological polar surface area (TPSA) is 86.8 Å². The van der Waals surface area contributed by atoms with Gasteiger partial charge in [0.1, 0.15) is 16.8 Å². The highest BCUT2D eigenvalue weighted by molar-refractivity contribution is 6.07. The minimum Gasteiger partial charge on any atom is -0.494 e. The number of para-hydroxylation sites is 1. The second-order valence-corrected chi connectivity index (χ2v) is 5.82. The Morgan fingerprint density at radius 1 is 1.07 bits per heavy atom. The molecule has 3 aromatic rings. The van der Waals surface area contributed by atoms with Crippen molar-refractivity contribution >= 4 is 34.2 Å². The number of fused-ring (bicyclic) bond motifs is 1. The number of carbonyl (C=O) groups excluding carboxylic acids is 2. The van der Waals surface area contributed by atoms with Crippen LogP contribution in [0.25, 0.3) is 10.9 Å². The van der Waals surface area contributed by atoms with Gasteiger partial charge in [0.2, 0.25) is 0 Å². The molecule has 0 radical (unpaired) electrons. The molecule has 0 aliphatic heterocycles. The monoisotopic (exact) mass is 380 g/mol. The summed E-state index contributed by atoms with van der Waals surface area (Å²) in [6.45, 7) is 1.98. The van der Waals surface area contributed by atoms with Gasteiger partial charge < -0.3 is 19.5 Å². The maximum absolute atomic E-state index is 12.5. The Morgan fingerprint density at radius 2 is 1.86 bits per heavy atom. The van der Waals surface area contributed by atoms with Crippen molar-refractivity contribution in [3.05, 3.63) is 59.8 Å². The van der Waals surface area contributed by atoms with Crippen LogP contribution in [0.5, 0.6) is 5.75 Å². The first-order valence-corrected chi connectivity index (χ1v) is 8.67. The van der Waals surface area contributed by atoms with Crippen molar-refractivity contribution in [1.82, 2.24) is 4.98 Å². The average Bonchev–Trinajstić information content (AvgIpc) is 2.73. The minimum atomic E-state index is -0.494. The Hall–Kier alpha value is -3.61. The van der Waals surface area contributed by atoms with Gasteiger partial charge in [0.15, 0.2) is 0 Å². The third-order valence-corrected chi connectivity index (χ3v) is 4.13. The fraction of sp³-hybridized carbons (Fsp3) is 0.190. The lowest BCUT2D eigenvalue weighted by molar-refractivity contribution is 0.0526. The number of hydrogen-bond acceptors (Lipinski definition) is 7. The van der Waals surface area contributed by atoms with Gasteiger partial charge in [0.05, 0.1) is 32.1 Å². The summed E-state index contributed by atoms with van der Waals surface area (Å²) in [6, 6.07) is 12.2. The molecule has 0 aliphatic carbocycles. The number of nitrogens with zero attached hydrogens (tertiary/aromatic N) is 1. The van der Waals surface area contributed by atoms with E-state index in [4.69, 9.17) is 14.2 Å². The number of carbonyl (C=O) groups is 2. The molecule has 1 heterocycles. The highest BCUT2D eigenvalue weighted by atomic mass is 16.5. The van der Waals surface area contributed by atoms with Gasteiger partial charge in [-0.3, -0.25) is 4.98 Å². The average molecular weight is 380 g/mol. The molecule has 0 saturated heterocycles. The SMILES string of the molecule is CCOC(=O)c1cnc2c(OC)cccc2c1Nc1cccc(C(=O)OC)c1. The molecule has 1 N–H and O–H groups in total. The highest BCUT2D eigenvalue weighted by Gasteiger charge is 2.19. The summed E-state index contributed by atoms with van der Waals surface area (Å²) in [6.07, 6.45) is 1.45. The van der Waals surface area contributed by atoms with Gasteiger partial charge in [-0.2, -0.15) is 0 Å². The lowest BCUT2D eigenvalue weighted by Crippen LogP contribution is -2.10. The summed E-state index contributed by atoms with van der Waals surface area (Å²) in [5, 5.41) is 3.91. The standard InChI is InChI=1S/C21H20N2O5/c1-4-28-21(25)16-12-22-19-15(9-6-10-17(19)26-2)18(16)23-14-8-5-7-13(11-14)20(24)27-3/h5-12H,4H2,1-3H3,(H,22,23). The van der Waals surface area contributed by atoms with Crippen molar-refractivity contribution in [1.29, 1.82) is 0 Å². The lowest BCUT2D eigenvalue weighted by atomic mass is 10.1. The first-order valence-electron chi connectivity index (χ1n) is 8.67. The molecule has 0 amide bonds. The number of pyridine rings is 1. The van der Waals surface area contributed by atoms with Crippen LogP contribution >= 0.6 is 0 Å². The Morgan fingerprint density at radius 3 is 2.57 bits per heavy atom. The third-order valence-electron chi connectivity index (χ3n) is 4.13. The quantitative estimate of drug-likeness (QED) is 0.648. The predicted octanol–water partition coefficient (Wildman–Crippen LogP) is 3.95. The second kappa shape index (κ2) is 8.39. The molecule has 0 aliphatic rings. The van der Waals surface area contributed by atoms with Crippen LogP contribution in [0.15, 0.2) is 48.7 Å². The molecule has 0 spiro atoms. The largest absolute Gasteiger partial charge is 0.494 e. The van der Waals surface area contributed by atoms with Gasteiger partial charge in [-0.1, -0.05) is 18.2 Å². The molecule has 1 aromatic heterocycles. The number of hydrogen-bond donors (Lipinski definition) is 1. The minimum absolute atomic E-state index is 0.242. The molecule has 0 bridgehead atoms. The van der Waals surface area contributed by atoms with E-state index < -0.39 is 11.9 Å². The number of esters is 2. The predicted molar refractivity (Wildman–Crippen MR) is 105 cm³/mol. The molecular weight excluding hydrogens is 360 g/mol. The summed E-state index contributed by atoms with van der Waals surface area (Å²) in [4.78, 5) is 28.7. The number of methoxy groups -OCH3 is 2. The molecule has 3 rings (SSSR count). The van der Waals surface area contributed by atoms with Crippen LogP contribution in [0.2, 0.25) is 0 Å². The molecular formula is C21H20N2O5. The van der Waals surface area contributed by atoms with Crippen LogP contribution < -0.4 is 10.1 Å². The van der Waals surface area contributed by atoms with Crippen molar-refractivity contribution in [2.45, 2.75) is 6.92 Å². The number of rotatable bonds is 6. The molecule has 7 nitrogen and oxygen atoms in total. The summed E-state index contributed by atoms with van der Waals surface area (Å²) >= 11 is 0. The summed E-state index contributed by atoms with van der Waals surface area (Å²) in [7, 11) is 2.88. The van der Waals surface area contributed by atoms with Crippen molar-refractivity contribution in [3.63, 3.8) is 0 Å². The van der Waals surface area contributed by atoms with Gasteiger partial charge >= 0.3 is 11.9 Å². The highest BCUT2D eigenvalue weighted by Crippen LogP contribution is 2.34. The van der Waals surface area contributed by atoms with E-state index in [2.05, 4.69) is 10.3 Å². The van der Waals surface area contributed by atoms with Crippen LogP contribution in [0.1, 0.15) is 27.6 Å². The van der Waals surface area contributed by atoms with Crippen molar-refractivity contribution in [2.24, 2.45) is 0 Å². The molecule has 7 heteroatoms. The second-order valence-electron chi connectivity index (χ2n) is 5.82. The number of benzene rings is 2. The zero-order valence-electron chi connectivity index (χ0n) is 15.8. The fourth-order valence-electron chi connectivity index (χ4n) is 2.85. The lowest BCUT2D eigenvalue weighted by Gasteiger charge is -2.15. The van der Waals surface area contributed by atoms with Gasteiger partial charge in [-0.05, 0) is 31.2 Å². The molecule has 2 aromatic carbocycles. The van der Waals surface area contributed by atoms with Crippen LogP contribution in [-0.4, -0.2) is 37.7 Å². The van der Waals surface area contributed by atoms with E-state index in [9.17, 15) is 9.59 Å². The van der Waals surface area contributed by atoms with Crippen LogP contribution in [0.4, 0.5) is 11.4 Å². The summed E-state index contributed by atoms with van der Waals surface area (Å²) in [5.74, 6) is -0.360. The smallest absolute Gasteiger partial charge is 0.341 e. The number of anilines is 2. The summed E-state index contributed by atoms with van der Waals surface area (Å²) < 4.78 is 15.3. The molecule has 28 heavy (non-hydrogen) atoms. The van der Waals surface area contributed by atoms with E-state index in [1.54, 1.807) is 44.4 Å². The third kappa shape index (κ3) is 3.73. The Kier molecular flexibility index (Phi) is 5.74. The maximum Gasteiger partial charge on any atom is 0.341 e. The molecule has 0 unspecified atom stereocenters. The summed E-state index contributed by atoms with van der Waals surface area (Å²) in [5.41, 5.74) is 2.41. The zero-order chi connectivity index (χ0) is 20.1. The first-order chi connectivity index (χ1) is 13.6. The van der Waals surface area contributed by atoms with Crippen molar-refractivity contribution in [2.75, 3.05) is 26.1 Å². The van der Waals surface area contributed by atoms with Crippen LogP contribution in [-0.2, 0) is 9.47 Å². The normalized spacial score (nSPS) is 10.4. The van der Waals surface area contributed by atoms with E-state index in [0.717, 1.165) is 0 Å². The van der Waals surface area contributed by atoms with Crippen molar-refractivity contribution in [3.8, 4) is 5.75 Å². The Bertz CT molecular complexity index is 1030. The zero-order valence-corrected chi connectivity index (χ0v) is 15.8. The molecule has 144 valence electrons. The first kappa shape index (κ1) is 19.2. The van der Waals surface area contributed by atoms with Crippen LogP contribution in [0.3, 0.4) is 0 Å². The van der Waals surface area contributed by atoms with Crippen LogP contribution in [0, 0.1) is 0 Å². The van der Waals surface area contributed by atoms with Gasteiger partial charge in [-0.25, -0.2) is 9.59 Å². The number of ether oxygens (including phenoxy) is 3. The van der Waals surface area contributed by atoms with E-state index >= 15 is 0 Å².